The molecule has 8 heteroatoms. The number of nitroso groups, excluding NO2 is 1. The number of para-hydroxylation sites is 1. The fourth-order valence-electron chi connectivity index (χ4n) is 2.28. The molecule has 0 aliphatic rings. The summed E-state index contributed by atoms with van der Waals surface area (Å²) in [6.45, 7) is 2.52. The number of rotatable bonds is 9. The summed E-state index contributed by atoms with van der Waals surface area (Å²) in [6.07, 6.45) is 1.87. The first-order valence-electron chi connectivity index (χ1n) is 7.91. The summed E-state index contributed by atoms with van der Waals surface area (Å²) in [7, 11) is -4.06. The quantitative estimate of drug-likeness (QED) is 0.522. The van der Waals surface area contributed by atoms with Crippen molar-refractivity contribution >= 4 is 15.7 Å². The van der Waals surface area contributed by atoms with E-state index in [9.17, 15) is 13.3 Å². The zero-order valence-corrected chi connectivity index (χ0v) is 14.8. The number of hydrogen-bond donors (Lipinski definition) is 2. The van der Waals surface area contributed by atoms with Crippen molar-refractivity contribution in [3.8, 4) is 11.5 Å². The number of primary sulfonamides is 1. The van der Waals surface area contributed by atoms with Crippen LogP contribution in [0.15, 0.2) is 52.5 Å². The molecular weight excluding hydrogens is 342 g/mol. The predicted octanol–water partition coefficient (Wildman–Crippen LogP) is 3.60. The molecule has 0 heterocycles. The summed E-state index contributed by atoms with van der Waals surface area (Å²) in [6, 6.07) is 11.8. The highest BCUT2D eigenvalue weighted by molar-refractivity contribution is 7.89. The van der Waals surface area contributed by atoms with Crippen LogP contribution in [0.25, 0.3) is 0 Å². The Morgan fingerprint density at radius 2 is 1.92 bits per heavy atom. The number of hydrogen-bond acceptors (Lipinski definition) is 6. The summed E-state index contributed by atoms with van der Waals surface area (Å²) in [5.74, 6) is 0.589. The lowest BCUT2D eigenvalue weighted by molar-refractivity contribution is 0.469. The molecule has 134 valence electrons. The van der Waals surface area contributed by atoms with E-state index in [0.29, 0.717) is 23.5 Å². The minimum Gasteiger partial charge on any atom is -0.454 e. The van der Waals surface area contributed by atoms with Crippen molar-refractivity contribution in [1.82, 2.24) is 0 Å². The van der Waals surface area contributed by atoms with Gasteiger partial charge >= 0.3 is 0 Å². The molecule has 0 aromatic heterocycles. The van der Waals surface area contributed by atoms with E-state index in [-0.39, 0.29) is 17.2 Å². The van der Waals surface area contributed by atoms with Crippen LogP contribution < -0.4 is 15.2 Å². The molecule has 0 saturated carbocycles. The molecule has 0 aliphatic heterocycles. The molecule has 7 nitrogen and oxygen atoms in total. The molecule has 3 N–H and O–H groups in total. The number of nitrogens with one attached hydrogen (secondary N) is 1. The van der Waals surface area contributed by atoms with Gasteiger partial charge in [0.1, 0.15) is 17.2 Å². The van der Waals surface area contributed by atoms with Gasteiger partial charge in [-0.1, -0.05) is 36.7 Å². The lowest BCUT2D eigenvalue weighted by Crippen LogP contribution is -2.15. The second-order valence-electron chi connectivity index (χ2n) is 5.50. The first-order chi connectivity index (χ1) is 12.0. The third kappa shape index (κ3) is 5.27. The van der Waals surface area contributed by atoms with Crippen molar-refractivity contribution in [2.45, 2.75) is 31.2 Å². The van der Waals surface area contributed by atoms with Gasteiger partial charge in [-0.25, -0.2) is 13.6 Å². The first kappa shape index (κ1) is 18.9. The molecule has 0 aliphatic carbocycles. The molecule has 0 unspecified atom stereocenters. The highest BCUT2D eigenvalue weighted by Crippen LogP contribution is 2.37. The van der Waals surface area contributed by atoms with Crippen LogP contribution >= 0.6 is 0 Å². The second-order valence-corrected chi connectivity index (χ2v) is 7.03. The number of sulfonamides is 1. The smallest absolute Gasteiger partial charge is 0.241 e. The van der Waals surface area contributed by atoms with Crippen LogP contribution in [0.2, 0.25) is 0 Å². The van der Waals surface area contributed by atoms with E-state index in [2.05, 4.69) is 10.5 Å². The standard InChI is InChI=1S/C17H21N3O4S/c1-2-3-9-19-15-10-13(12-20-21)11-16(25(18,22)23)17(15)24-14-7-5-4-6-8-14/h4-8,10-11,19H,2-3,9,12H2,1H3,(H2,18,22,23). The van der Waals surface area contributed by atoms with E-state index in [4.69, 9.17) is 9.88 Å². The molecule has 0 bridgehead atoms. The van der Waals surface area contributed by atoms with Gasteiger partial charge in [0, 0.05) is 6.54 Å². The van der Waals surface area contributed by atoms with Crippen molar-refractivity contribution in [3.63, 3.8) is 0 Å². The molecule has 0 saturated heterocycles. The maximum atomic E-state index is 12.0. The maximum absolute atomic E-state index is 12.0. The topological polar surface area (TPSA) is 111 Å². The van der Waals surface area contributed by atoms with Gasteiger partial charge in [0.05, 0.1) is 5.69 Å². The molecule has 2 aromatic rings. The number of nitrogens with zero attached hydrogens (tertiary/aromatic N) is 1. The summed E-state index contributed by atoms with van der Waals surface area (Å²) in [5, 5.41) is 11.3. The van der Waals surface area contributed by atoms with Gasteiger partial charge in [0.25, 0.3) is 0 Å². The molecule has 2 rings (SSSR count). The normalized spacial score (nSPS) is 11.1. The van der Waals surface area contributed by atoms with Crippen LogP contribution in [0.3, 0.4) is 0 Å². The minimum absolute atomic E-state index is 0.111. The van der Waals surface area contributed by atoms with Gasteiger partial charge in [-0.05, 0) is 36.2 Å². The molecule has 0 fully saturated rings. The zero-order valence-electron chi connectivity index (χ0n) is 13.9. The number of unbranched alkanes of at least 4 members (excludes halogenated alkanes) is 1. The Morgan fingerprint density at radius 1 is 1.20 bits per heavy atom. The van der Waals surface area contributed by atoms with Gasteiger partial charge in [-0.15, -0.1) is 0 Å². The van der Waals surface area contributed by atoms with Gasteiger partial charge in [-0.3, -0.25) is 0 Å². The maximum Gasteiger partial charge on any atom is 0.241 e. The van der Waals surface area contributed by atoms with Crippen molar-refractivity contribution < 1.29 is 13.2 Å². The molecule has 0 amide bonds. The largest absolute Gasteiger partial charge is 0.454 e. The second kappa shape index (κ2) is 8.59. The summed E-state index contributed by atoms with van der Waals surface area (Å²) in [4.78, 5) is 10.4. The average molecular weight is 363 g/mol. The van der Waals surface area contributed by atoms with E-state index in [1.165, 1.54) is 6.07 Å². The van der Waals surface area contributed by atoms with Crippen LogP contribution in [-0.4, -0.2) is 15.0 Å². The third-order valence-corrected chi connectivity index (χ3v) is 4.39. The number of nitrogens with two attached hydrogens (primary N) is 1. The van der Waals surface area contributed by atoms with Crippen LogP contribution in [0, 0.1) is 4.91 Å². The highest BCUT2D eigenvalue weighted by Gasteiger charge is 2.21. The Bertz CT molecular complexity index is 823. The van der Waals surface area contributed by atoms with Crippen molar-refractivity contribution in [2.24, 2.45) is 10.3 Å². The molecule has 0 atom stereocenters. The van der Waals surface area contributed by atoms with Gasteiger partial charge in [0.2, 0.25) is 10.0 Å². The summed E-state index contributed by atoms with van der Waals surface area (Å²) >= 11 is 0. The van der Waals surface area contributed by atoms with Crippen LogP contribution in [-0.2, 0) is 16.6 Å². The van der Waals surface area contributed by atoms with Crippen molar-refractivity contribution in [1.29, 1.82) is 0 Å². The Hall–Kier alpha value is -2.45. The first-order valence-corrected chi connectivity index (χ1v) is 9.46. The lowest BCUT2D eigenvalue weighted by Gasteiger charge is -2.17. The fraction of sp³-hybridized carbons (Fsp3) is 0.294. The lowest BCUT2D eigenvalue weighted by atomic mass is 10.1. The highest BCUT2D eigenvalue weighted by atomic mass is 32.2. The SMILES string of the molecule is CCCCNc1cc(CN=O)cc(S(N)(=O)=O)c1Oc1ccccc1. The van der Waals surface area contributed by atoms with Crippen molar-refractivity contribution in [2.75, 3.05) is 11.9 Å². The van der Waals surface area contributed by atoms with Crippen LogP contribution in [0.4, 0.5) is 5.69 Å². The fourth-order valence-corrected chi connectivity index (χ4v) is 3.00. The number of anilines is 1. The number of ether oxygens (including phenoxy) is 1. The Balaban J connectivity index is 2.55. The molecule has 2 aromatic carbocycles. The number of benzene rings is 2. The van der Waals surface area contributed by atoms with E-state index >= 15 is 0 Å². The minimum atomic E-state index is -4.06. The molecule has 0 spiro atoms. The van der Waals surface area contributed by atoms with Gasteiger partial charge in [0.15, 0.2) is 5.75 Å². The summed E-state index contributed by atoms with van der Waals surface area (Å²) in [5.41, 5.74) is 0.904. The molecule has 25 heavy (non-hydrogen) atoms. The monoisotopic (exact) mass is 363 g/mol. The molecule has 0 radical (unpaired) electrons. The zero-order chi connectivity index (χ0) is 18.3. The van der Waals surface area contributed by atoms with Gasteiger partial charge < -0.3 is 10.1 Å². The predicted molar refractivity (Wildman–Crippen MR) is 97.2 cm³/mol. The van der Waals surface area contributed by atoms with Crippen LogP contribution in [0.5, 0.6) is 11.5 Å². The van der Waals surface area contributed by atoms with E-state index in [1.54, 1.807) is 30.3 Å². The van der Waals surface area contributed by atoms with E-state index < -0.39 is 10.0 Å². The Kier molecular flexibility index (Phi) is 6.49. The van der Waals surface area contributed by atoms with Crippen molar-refractivity contribution in [3.05, 3.63) is 52.9 Å². The van der Waals surface area contributed by atoms with E-state index in [1.807, 2.05) is 13.0 Å². The van der Waals surface area contributed by atoms with Gasteiger partial charge in [-0.2, -0.15) is 4.91 Å². The Morgan fingerprint density at radius 3 is 2.52 bits per heavy atom. The summed E-state index contributed by atoms with van der Waals surface area (Å²) < 4.78 is 29.9. The molecular formula is C17H21N3O4S. The van der Waals surface area contributed by atoms with E-state index in [0.717, 1.165) is 12.8 Å². The Labute approximate surface area is 147 Å². The average Bonchev–Trinajstić information content (AvgIpc) is 2.57. The third-order valence-electron chi connectivity index (χ3n) is 3.48. The van der Waals surface area contributed by atoms with Crippen LogP contribution in [0.1, 0.15) is 25.3 Å².